The number of halogens is 2. The summed E-state index contributed by atoms with van der Waals surface area (Å²) in [5.74, 6) is 0.767. The van der Waals surface area contributed by atoms with Gasteiger partial charge in [0, 0.05) is 58.4 Å². The van der Waals surface area contributed by atoms with Crippen LogP contribution in [0.5, 0.6) is 0 Å². The van der Waals surface area contributed by atoms with Gasteiger partial charge < -0.3 is 44.3 Å². The molecule has 0 radical (unpaired) electrons. The zero-order chi connectivity index (χ0) is 46.4. The number of nitrogens with two attached hydrogens (primary N) is 1. The first-order chi connectivity index (χ1) is 28.6. The topological polar surface area (TPSA) is 227 Å². The van der Waals surface area contributed by atoms with Crippen LogP contribution in [0.2, 0.25) is 0 Å². The summed E-state index contributed by atoms with van der Waals surface area (Å²) in [7, 11) is 0. The second-order valence-corrected chi connectivity index (χ2v) is 21.3. The molecule has 64 heavy (non-hydrogen) atoms. The molecule has 4 heterocycles. The van der Waals surface area contributed by atoms with Gasteiger partial charge in [0.1, 0.15) is 11.2 Å². The van der Waals surface area contributed by atoms with Crippen molar-refractivity contribution in [3.8, 4) is 0 Å². The van der Waals surface area contributed by atoms with Gasteiger partial charge in [0.15, 0.2) is 0 Å². The van der Waals surface area contributed by atoms with E-state index < -0.39 is 11.2 Å². The molecular formula is C45H61Br2KN7O9-. The molecule has 0 bridgehead atoms. The second kappa shape index (κ2) is 23.7. The van der Waals surface area contributed by atoms with E-state index in [1.165, 1.54) is 0 Å². The SMILES string of the molecule is CC(C)(C)OC(=O)N1CCC(CC(=O)c2noc(C(C)(C)C)n2)c2ccc(Br)cc2C1.CC(C)(C)OC(=O)N1CCC(N)c2ccc(Br)cc2C1.CC(C)(C)c1nc([C-]=O)no1.[K+].[OH-]. The maximum Gasteiger partial charge on any atom is 1.00 e. The van der Waals surface area contributed by atoms with E-state index in [1.54, 1.807) is 16.1 Å². The van der Waals surface area contributed by atoms with E-state index in [4.69, 9.17) is 24.3 Å². The predicted molar refractivity (Wildman–Crippen MR) is 242 cm³/mol. The summed E-state index contributed by atoms with van der Waals surface area (Å²) in [5.41, 5.74) is 8.87. The number of ketones is 1. The van der Waals surface area contributed by atoms with Crippen LogP contribution in [0, 0.1) is 0 Å². The number of Topliss-reactive ketones (excluding diaryl/α,β-unsaturated/α-hetero) is 1. The fourth-order valence-electron chi connectivity index (χ4n) is 6.37. The van der Waals surface area contributed by atoms with Crippen molar-refractivity contribution in [3.05, 3.63) is 91.0 Å². The zero-order valence-corrected chi connectivity index (χ0v) is 45.6. The van der Waals surface area contributed by atoms with E-state index in [-0.39, 0.29) is 116 Å². The van der Waals surface area contributed by atoms with Gasteiger partial charge in [-0.2, -0.15) is 11.3 Å². The van der Waals surface area contributed by atoms with Crippen LogP contribution in [0.25, 0.3) is 0 Å². The Hall–Kier alpha value is -2.88. The van der Waals surface area contributed by atoms with Gasteiger partial charge in [0.2, 0.25) is 23.4 Å². The molecule has 0 aliphatic carbocycles. The Bertz CT molecular complexity index is 2200. The number of hydrogen-bond donors (Lipinski definition) is 1. The summed E-state index contributed by atoms with van der Waals surface area (Å²) in [6, 6.07) is 12.0. The summed E-state index contributed by atoms with van der Waals surface area (Å²) < 4.78 is 23.0. The first-order valence-corrected chi connectivity index (χ1v) is 22.1. The molecule has 4 aromatic rings. The van der Waals surface area contributed by atoms with Crippen molar-refractivity contribution in [2.24, 2.45) is 5.73 Å². The Morgan fingerprint density at radius 1 is 0.734 bits per heavy atom. The molecule has 346 valence electrons. The molecule has 2 aliphatic heterocycles. The first-order valence-electron chi connectivity index (χ1n) is 20.5. The predicted octanol–water partition coefficient (Wildman–Crippen LogP) is 6.87. The molecule has 2 aromatic heterocycles. The van der Waals surface area contributed by atoms with Crippen molar-refractivity contribution in [2.75, 3.05) is 13.1 Å². The van der Waals surface area contributed by atoms with Crippen LogP contribution >= 0.6 is 31.9 Å². The first kappa shape index (κ1) is 57.2. The second-order valence-electron chi connectivity index (χ2n) is 19.4. The van der Waals surface area contributed by atoms with E-state index in [9.17, 15) is 19.2 Å². The van der Waals surface area contributed by atoms with Gasteiger partial charge in [0.25, 0.3) is 0 Å². The fourth-order valence-corrected chi connectivity index (χ4v) is 7.19. The Morgan fingerprint density at radius 2 is 1.19 bits per heavy atom. The number of hydrogen-bond acceptors (Lipinski definition) is 14. The molecule has 2 aromatic carbocycles. The number of ether oxygens (including phenoxy) is 2. The molecule has 16 nitrogen and oxygen atoms in total. The zero-order valence-electron chi connectivity index (χ0n) is 39.3. The minimum Gasteiger partial charge on any atom is -0.870 e. The van der Waals surface area contributed by atoms with Crippen molar-refractivity contribution in [2.45, 2.75) is 149 Å². The summed E-state index contributed by atoms with van der Waals surface area (Å²) in [4.78, 5) is 59.4. The maximum atomic E-state index is 12.9. The molecule has 2 unspecified atom stereocenters. The Balaban J connectivity index is 0.000000365. The molecule has 2 aliphatic rings. The van der Waals surface area contributed by atoms with Crippen molar-refractivity contribution in [1.29, 1.82) is 0 Å². The molecule has 6 rings (SSSR count). The molecule has 2 atom stereocenters. The normalized spacial score (nSPS) is 16.3. The van der Waals surface area contributed by atoms with Crippen molar-refractivity contribution >= 4 is 56.1 Å². The molecule has 3 N–H and O–H groups in total. The number of nitrogens with zero attached hydrogens (tertiary/aromatic N) is 6. The number of carbonyl (C=O) groups is 3. The number of benzene rings is 2. The van der Waals surface area contributed by atoms with Crippen molar-refractivity contribution in [3.63, 3.8) is 0 Å². The van der Waals surface area contributed by atoms with Gasteiger partial charge in [-0.25, -0.2) is 14.6 Å². The number of aromatic nitrogens is 4. The van der Waals surface area contributed by atoms with Gasteiger partial charge >= 0.3 is 63.6 Å². The molecule has 0 saturated carbocycles. The van der Waals surface area contributed by atoms with Gasteiger partial charge in [-0.15, -0.1) is 0 Å². The van der Waals surface area contributed by atoms with E-state index in [1.807, 2.05) is 119 Å². The summed E-state index contributed by atoms with van der Waals surface area (Å²) in [6.45, 7) is 24.9. The Kier molecular flexibility index (Phi) is 21.2. The Morgan fingerprint density at radius 3 is 1.62 bits per heavy atom. The Labute approximate surface area is 435 Å². The average molecular weight is 1040 g/mol. The standard InChI is InChI=1S/C23H30BrN3O4.C15H21BrN2O2.C7H9N2O2.K.H2O/c1-22(2,3)20-25-19(26-31-20)18(28)12-14-9-10-27(21(29)30-23(4,5)6)13-15-11-16(24)7-8-17(14)15;1-15(2,3)20-14(19)18-7-6-13(17)12-5-4-11(16)8-10(12)9-18;1-7(2,3)6-8-5(4-10)9-11-6;;/h7-8,11,14H,9-10,12-13H2,1-6H3;4-5,8,13H,6-7,9,17H2,1-3H3;1-3H3;;1H2/q;;-1;+1;/p-1. The van der Waals surface area contributed by atoms with Crippen LogP contribution in [0.15, 0.2) is 54.4 Å². The van der Waals surface area contributed by atoms with Crippen LogP contribution in [-0.2, 0) is 38.2 Å². The van der Waals surface area contributed by atoms with Crippen LogP contribution in [0.1, 0.15) is 165 Å². The fraction of sp³-hybridized carbons (Fsp3) is 0.556. The average Bonchev–Trinajstić information content (AvgIpc) is 3.79. The number of carbonyl (C=O) groups excluding carboxylic acids is 4. The summed E-state index contributed by atoms with van der Waals surface area (Å²) >= 11 is 6.98. The third-order valence-electron chi connectivity index (χ3n) is 9.44. The monoisotopic (exact) mass is 1040 g/mol. The summed E-state index contributed by atoms with van der Waals surface area (Å²) in [5, 5.41) is 7.29. The van der Waals surface area contributed by atoms with E-state index in [0.29, 0.717) is 44.4 Å². The van der Waals surface area contributed by atoms with E-state index in [2.05, 4.69) is 52.1 Å². The number of rotatable bonds is 4. The maximum absolute atomic E-state index is 12.9. The third-order valence-corrected chi connectivity index (χ3v) is 10.4. The molecule has 2 amide bonds. The van der Waals surface area contributed by atoms with Gasteiger partial charge in [-0.05, 0) is 107 Å². The van der Waals surface area contributed by atoms with Crippen LogP contribution in [0.4, 0.5) is 9.59 Å². The molecule has 0 saturated heterocycles. The summed E-state index contributed by atoms with van der Waals surface area (Å²) in [6.07, 6.45) is 2.56. The van der Waals surface area contributed by atoms with Crippen molar-refractivity contribution < 1.29 is 94.6 Å². The molecule has 19 heteroatoms. The van der Waals surface area contributed by atoms with Gasteiger partial charge in [-0.3, -0.25) is 4.79 Å². The minimum absolute atomic E-state index is 0. The van der Waals surface area contributed by atoms with Crippen molar-refractivity contribution in [1.82, 2.24) is 30.1 Å². The van der Waals surface area contributed by atoms with E-state index in [0.717, 1.165) is 37.6 Å². The van der Waals surface area contributed by atoms with Crippen LogP contribution in [-0.4, -0.2) is 84.1 Å². The van der Waals surface area contributed by atoms with Crippen LogP contribution < -0.4 is 57.1 Å². The van der Waals surface area contributed by atoms with Crippen LogP contribution in [0.3, 0.4) is 0 Å². The quantitative estimate of drug-likeness (QED) is 0.125. The number of fused-ring (bicyclic) bond motifs is 2. The third kappa shape index (κ3) is 17.4. The largest absolute Gasteiger partial charge is 1.00 e. The molecule has 0 fully saturated rings. The van der Waals surface area contributed by atoms with Gasteiger partial charge in [0.05, 0.1) is 5.82 Å². The number of amides is 2. The smallest absolute Gasteiger partial charge is 0.870 e. The molecule has 0 spiro atoms. The molecular weight excluding hydrogens is 981 g/mol. The van der Waals surface area contributed by atoms with Gasteiger partial charge in [-0.1, -0.05) is 95.8 Å². The van der Waals surface area contributed by atoms with E-state index >= 15 is 0 Å². The minimum atomic E-state index is -0.567.